The van der Waals surface area contributed by atoms with Gasteiger partial charge in [-0.15, -0.1) is 0 Å². The molecule has 0 aromatic heterocycles. The molecular formula is C28H31F6N3O3. The number of piperazine rings is 1. The molecule has 0 N–H and O–H groups in total. The molecule has 2 aliphatic rings. The van der Waals surface area contributed by atoms with Crippen LogP contribution >= 0.6 is 0 Å². The molecule has 2 atom stereocenters. The van der Waals surface area contributed by atoms with Crippen LogP contribution in [0.1, 0.15) is 41.5 Å². The van der Waals surface area contributed by atoms with E-state index in [1.54, 1.807) is 9.80 Å². The summed E-state index contributed by atoms with van der Waals surface area (Å²) in [5.41, 5.74) is -2.06. The number of alkyl halides is 6. The monoisotopic (exact) mass is 571 g/mol. The van der Waals surface area contributed by atoms with Crippen molar-refractivity contribution in [3.8, 4) is 0 Å². The molecule has 2 aromatic rings. The highest BCUT2D eigenvalue weighted by molar-refractivity contribution is 5.79. The predicted octanol–water partition coefficient (Wildman–Crippen LogP) is 4.79. The molecule has 0 unspecified atom stereocenters. The van der Waals surface area contributed by atoms with Crippen molar-refractivity contribution < 1.29 is 40.7 Å². The van der Waals surface area contributed by atoms with Crippen molar-refractivity contribution in [2.75, 3.05) is 45.8 Å². The Hall–Kier alpha value is -3.12. The Balaban J connectivity index is 1.45. The van der Waals surface area contributed by atoms with E-state index in [1.807, 2.05) is 35.2 Å². The quantitative estimate of drug-likeness (QED) is 0.468. The standard InChI is InChI=1S/C28H31F6N3O3/c1-19(38)36-9-11-37(12-10-36)26(39)17-35-8-7-25(24(16-35)21-5-3-2-4-6-21)40-18-20-13-22(27(29,30)31)15-23(14-20)28(32,33)34/h2-6,13-15,24-25H,7-12,16-18H2,1H3/t24-,25-/m0/s1. The van der Waals surface area contributed by atoms with Gasteiger partial charge in [0, 0.05) is 52.1 Å². The van der Waals surface area contributed by atoms with Gasteiger partial charge in [0.2, 0.25) is 11.8 Å². The van der Waals surface area contributed by atoms with Crippen molar-refractivity contribution in [2.45, 2.75) is 44.3 Å². The summed E-state index contributed by atoms with van der Waals surface area (Å²) < 4.78 is 85.7. The number of carbonyl (C=O) groups is 2. The maximum atomic E-state index is 13.3. The number of ether oxygens (including phenoxy) is 1. The van der Waals surface area contributed by atoms with Crippen LogP contribution in [0.15, 0.2) is 48.5 Å². The second-order valence-electron chi connectivity index (χ2n) is 10.2. The molecule has 6 nitrogen and oxygen atoms in total. The number of rotatable bonds is 6. The maximum Gasteiger partial charge on any atom is 0.416 e. The molecule has 0 saturated carbocycles. The van der Waals surface area contributed by atoms with Gasteiger partial charge >= 0.3 is 12.4 Å². The minimum Gasteiger partial charge on any atom is -0.373 e. The van der Waals surface area contributed by atoms with E-state index in [9.17, 15) is 35.9 Å². The van der Waals surface area contributed by atoms with Crippen LogP contribution in [0.5, 0.6) is 0 Å². The predicted molar refractivity (Wildman–Crippen MR) is 134 cm³/mol. The summed E-state index contributed by atoms with van der Waals surface area (Å²) in [7, 11) is 0. The molecule has 2 aliphatic heterocycles. The highest BCUT2D eigenvalue weighted by Gasteiger charge is 2.38. The smallest absolute Gasteiger partial charge is 0.373 e. The molecule has 40 heavy (non-hydrogen) atoms. The SMILES string of the molecule is CC(=O)N1CCN(C(=O)CN2CC[C@H](OCc3cc(C(F)(F)F)cc(C(F)(F)F)c3)[C@H](c3ccccc3)C2)CC1. The molecule has 2 fully saturated rings. The summed E-state index contributed by atoms with van der Waals surface area (Å²) in [6.45, 7) is 4.03. The fourth-order valence-electron chi connectivity index (χ4n) is 5.23. The van der Waals surface area contributed by atoms with E-state index in [0.717, 1.165) is 5.56 Å². The van der Waals surface area contributed by atoms with Gasteiger partial charge in [0.25, 0.3) is 0 Å². The number of amides is 2. The number of halogens is 6. The van der Waals surface area contributed by atoms with Crippen LogP contribution in [0, 0.1) is 0 Å². The van der Waals surface area contributed by atoms with Crippen LogP contribution in [0.25, 0.3) is 0 Å². The average molecular weight is 572 g/mol. The van der Waals surface area contributed by atoms with E-state index in [0.29, 0.717) is 57.8 Å². The zero-order chi connectivity index (χ0) is 29.1. The maximum absolute atomic E-state index is 13.3. The highest BCUT2D eigenvalue weighted by Crippen LogP contribution is 2.37. The summed E-state index contributed by atoms with van der Waals surface area (Å²) >= 11 is 0. The second kappa shape index (κ2) is 12.2. The van der Waals surface area contributed by atoms with Gasteiger partial charge < -0.3 is 14.5 Å². The van der Waals surface area contributed by atoms with E-state index in [2.05, 4.69) is 0 Å². The zero-order valence-corrected chi connectivity index (χ0v) is 22.0. The number of nitrogens with zero attached hydrogens (tertiary/aromatic N) is 3. The molecule has 2 aromatic carbocycles. The Bertz CT molecular complexity index is 1150. The molecule has 4 rings (SSSR count). The third-order valence-corrected chi connectivity index (χ3v) is 7.41. The molecule has 0 aliphatic carbocycles. The minimum atomic E-state index is -4.93. The van der Waals surface area contributed by atoms with Crippen LogP contribution < -0.4 is 0 Å². The van der Waals surface area contributed by atoms with Gasteiger partial charge in [-0.3, -0.25) is 14.5 Å². The van der Waals surface area contributed by atoms with Crippen molar-refractivity contribution in [3.05, 3.63) is 70.8 Å². The summed E-state index contributed by atoms with van der Waals surface area (Å²) in [4.78, 5) is 29.9. The number of benzene rings is 2. The Morgan fingerprint density at radius 1 is 0.850 bits per heavy atom. The highest BCUT2D eigenvalue weighted by atomic mass is 19.4. The molecule has 2 saturated heterocycles. The van der Waals surface area contributed by atoms with E-state index in [-0.39, 0.29) is 35.9 Å². The molecule has 0 radical (unpaired) electrons. The second-order valence-corrected chi connectivity index (χ2v) is 10.2. The Morgan fingerprint density at radius 3 is 1.98 bits per heavy atom. The van der Waals surface area contributed by atoms with E-state index in [1.165, 1.54) is 6.92 Å². The first-order valence-electron chi connectivity index (χ1n) is 13.0. The van der Waals surface area contributed by atoms with Gasteiger partial charge in [-0.2, -0.15) is 26.3 Å². The molecule has 12 heteroatoms. The van der Waals surface area contributed by atoms with Crippen LogP contribution in [-0.4, -0.2) is 78.4 Å². The largest absolute Gasteiger partial charge is 0.416 e. The third kappa shape index (κ3) is 7.54. The summed E-state index contributed by atoms with van der Waals surface area (Å²) in [6.07, 6.45) is -9.90. The van der Waals surface area contributed by atoms with Gasteiger partial charge in [0.15, 0.2) is 0 Å². The molecule has 2 heterocycles. The van der Waals surface area contributed by atoms with Crippen LogP contribution in [0.4, 0.5) is 26.3 Å². The summed E-state index contributed by atoms with van der Waals surface area (Å²) in [6, 6.07) is 10.8. The van der Waals surface area contributed by atoms with Gasteiger partial charge in [-0.1, -0.05) is 30.3 Å². The zero-order valence-electron chi connectivity index (χ0n) is 22.0. The molecule has 0 bridgehead atoms. The number of piperidine rings is 1. The van der Waals surface area contributed by atoms with Crippen LogP contribution in [-0.2, 0) is 33.3 Å². The summed E-state index contributed by atoms with van der Waals surface area (Å²) in [5.74, 6) is -0.331. The first-order chi connectivity index (χ1) is 18.8. The topological polar surface area (TPSA) is 53.1 Å². The number of hydrogen-bond donors (Lipinski definition) is 0. The van der Waals surface area contributed by atoms with Gasteiger partial charge in [-0.05, 0) is 35.7 Å². The van der Waals surface area contributed by atoms with Crippen molar-refractivity contribution >= 4 is 11.8 Å². The lowest BCUT2D eigenvalue weighted by Crippen LogP contribution is -2.53. The summed E-state index contributed by atoms with van der Waals surface area (Å²) in [5, 5.41) is 0. The van der Waals surface area contributed by atoms with Crippen molar-refractivity contribution in [1.29, 1.82) is 0 Å². The Kier molecular flexibility index (Phi) is 9.09. The molecule has 2 amide bonds. The molecule has 0 spiro atoms. The number of likely N-dealkylation sites (tertiary alicyclic amines) is 1. The van der Waals surface area contributed by atoms with Crippen molar-refractivity contribution in [2.24, 2.45) is 0 Å². The number of hydrogen-bond acceptors (Lipinski definition) is 4. The van der Waals surface area contributed by atoms with Crippen molar-refractivity contribution in [3.63, 3.8) is 0 Å². The van der Waals surface area contributed by atoms with Gasteiger partial charge in [0.05, 0.1) is 30.4 Å². The average Bonchev–Trinajstić information content (AvgIpc) is 2.91. The normalized spacial score (nSPS) is 21.0. The third-order valence-electron chi connectivity index (χ3n) is 7.41. The lowest BCUT2D eigenvalue weighted by atomic mass is 9.87. The molecular weight excluding hydrogens is 540 g/mol. The molecule has 218 valence electrons. The van der Waals surface area contributed by atoms with Gasteiger partial charge in [-0.25, -0.2) is 0 Å². The minimum absolute atomic E-state index is 0.0281. The first-order valence-corrected chi connectivity index (χ1v) is 13.0. The van der Waals surface area contributed by atoms with Crippen LogP contribution in [0.3, 0.4) is 0 Å². The van der Waals surface area contributed by atoms with E-state index < -0.39 is 36.2 Å². The van der Waals surface area contributed by atoms with Crippen LogP contribution in [0.2, 0.25) is 0 Å². The number of carbonyl (C=O) groups excluding carboxylic acids is 2. The van der Waals surface area contributed by atoms with Gasteiger partial charge in [0.1, 0.15) is 0 Å². The fraction of sp³-hybridized carbons (Fsp3) is 0.500. The van der Waals surface area contributed by atoms with E-state index >= 15 is 0 Å². The lowest BCUT2D eigenvalue weighted by Gasteiger charge is -2.40. The Labute approximate surface area is 228 Å². The van der Waals surface area contributed by atoms with E-state index in [4.69, 9.17) is 4.74 Å². The lowest BCUT2D eigenvalue weighted by molar-refractivity contribution is -0.143. The first kappa shape index (κ1) is 29.9. The Morgan fingerprint density at radius 2 is 1.43 bits per heavy atom. The van der Waals surface area contributed by atoms with Crippen molar-refractivity contribution in [1.82, 2.24) is 14.7 Å². The fourth-order valence-corrected chi connectivity index (χ4v) is 5.23.